The molecule has 0 bridgehead atoms. The Kier molecular flexibility index (Phi) is 4.73. The minimum absolute atomic E-state index is 0.0319. The van der Waals surface area contributed by atoms with Gasteiger partial charge in [0.15, 0.2) is 5.69 Å². The normalized spacial score (nSPS) is 14.4. The first-order chi connectivity index (χ1) is 13.6. The van der Waals surface area contributed by atoms with Crippen LogP contribution < -0.4 is 4.74 Å². The number of amides is 2. The van der Waals surface area contributed by atoms with Crippen molar-refractivity contribution in [1.82, 2.24) is 20.0 Å². The number of methoxy groups -OCH3 is 1. The maximum atomic E-state index is 12.9. The fourth-order valence-corrected chi connectivity index (χ4v) is 3.47. The second-order valence-electron chi connectivity index (χ2n) is 6.93. The van der Waals surface area contributed by atoms with Crippen LogP contribution in [0.2, 0.25) is 0 Å². The Morgan fingerprint density at radius 2 is 1.61 bits per heavy atom. The SMILES string of the molecule is COc1ccc(C(=O)N2CCN(C(=O)c3n[nH]c4ccc(C)cc34)CC2)cc1. The van der Waals surface area contributed by atoms with Crippen molar-refractivity contribution in [2.75, 3.05) is 33.3 Å². The standard InChI is InChI=1S/C21H22N4O3/c1-14-3-8-18-17(13-14)19(23-22-18)21(27)25-11-9-24(10-12-25)20(26)15-4-6-16(28-2)7-5-15/h3-8,13H,9-12H2,1-2H3,(H,22,23). The third kappa shape index (κ3) is 3.31. The number of nitrogens with one attached hydrogen (secondary N) is 1. The zero-order valence-corrected chi connectivity index (χ0v) is 15.9. The van der Waals surface area contributed by atoms with Crippen molar-refractivity contribution < 1.29 is 14.3 Å². The number of aromatic nitrogens is 2. The summed E-state index contributed by atoms with van der Waals surface area (Å²) in [6.45, 7) is 3.96. The van der Waals surface area contributed by atoms with E-state index in [9.17, 15) is 9.59 Å². The Hall–Kier alpha value is -3.35. The Bertz CT molecular complexity index is 1020. The van der Waals surface area contributed by atoms with E-state index < -0.39 is 0 Å². The highest BCUT2D eigenvalue weighted by molar-refractivity contribution is 6.05. The molecule has 1 aromatic heterocycles. The molecule has 3 aromatic rings. The number of carbonyl (C=O) groups excluding carboxylic acids is 2. The van der Waals surface area contributed by atoms with Gasteiger partial charge in [-0.25, -0.2) is 0 Å². The Morgan fingerprint density at radius 3 is 2.25 bits per heavy atom. The molecule has 0 saturated carbocycles. The van der Waals surface area contributed by atoms with Crippen LogP contribution in [0.4, 0.5) is 0 Å². The van der Waals surface area contributed by atoms with Gasteiger partial charge in [-0.2, -0.15) is 5.10 Å². The van der Waals surface area contributed by atoms with Crippen LogP contribution in [0, 0.1) is 6.92 Å². The molecular weight excluding hydrogens is 356 g/mol. The van der Waals surface area contributed by atoms with Crippen molar-refractivity contribution in [1.29, 1.82) is 0 Å². The fourth-order valence-electron chi connectivity index (χ4n) is 3.47. The highest BCUT2D eigenvalue weighted by Crippen LogP contribution is 2.20. The predicted molar refractivity (Wildman–Crippen MR) is 106 cm³/mol. The van der Waals surface area contributed by atoms with Crippen LogP contribution in [0.15, 0.2) is 42.5 Å². The second-order valence-corrected chi connectivity index (χ2v) is 6.93. The van der Waals surface area contributed by atoms with Crippen LogP contribution in [0.3, 0.4) is 0 Å². The summed E-state index contributed by atoms with van der Waals surface area (Å²) in [5, 5.41) is 7.98. The van der Waals surface area contributed by atoms with E-state index in [1.165, 1.54) is 0 Å². The van der Waals surface area contributed by atoms with Crippen LogP contribution in [0.25, 0.3) is 10.9 Å². The number of fused-ring (bicyclic) bond motifs is 1. The van der Waals surface area contributed by atoms with Crippen LogP contribution in [-0.4, -0.2) is 65.1 Å². The van der Waals surface area contributed by atoms with Gasteiger partial charge in [0.2, 0.25) is 0 Å². The van der Waals surface area contributed by atoms with Gasteiger partial charge in [0.05, 0.1) is 12.6 Å². The summed E-state index contributed by atoms with van der Waals surface area (Å²) in [4.78, 5) is 29.1. The molecule has 1 aliphatic rings. The minimum Gasteiger partial charge on any atom is -0.497 e. The summed E-state index contributed by atoms with van der Waals surface area (Å²) >= 11 is 0. The van der Waals surface area contributed by atoms with Crippen LogP contribution in [0.5, 0.6) is 5.75 Å². The van der Waals surface area contributed by atoms with Crippen molar-refractivity contribution in [2.24, 2.45) is 0 Å². The van der Waals surface area contributed by atoms with Gasteiger partial charge in [0.25, 0.3) is 11.8 Å². The number of hydrogen-bond donors (Lipinski definition) is 1. The first-order valence-electron chi connectivity index (χ1n) is 9.24. The van der Waals surface area contributed by atoms with Gasteiger partial charge in [-0.05, 0) is 43.3 Å². The molecule has 7 heteroatoms. The molecule has 1 fully saturated rings. The van der Waals surface area contributed by atoms with E-state index in [0.29, 0.717) is 43.2 Å². The molecule has 0 unspecified atom stereocenters. The summed E-state index contributed by atoms with van der Waals surface area (Å²) in [6.07, 6.45) is 0. The number of aromatic amines is 1. The Morgan fingerprint density at radius 1 is 0.964 bits per heavy atom. The van der Waals surface area contributed by atoms with E-state index >= 15 is 0 Å². The largest absolute Gasteiger partial charge is 0.497 e. The molecule has 1 N–H and O–H groups in total. The maximum absolute atomic E-state index is 12.9. The number of rotatable bonds is 3. The number of H-pyrrole nitrogens is 1. The van der Waals surface area contributed by atoms with Gasteiger partial charge in [-0.3, -0.25) is 14.7 Å². The number of ether oxygens (including phenoxy) is 1. The molecule has 1 aliphatic heterocycles. The molecule has 2 heterocycles. The lowest BCUT2D eigenvalue weighted by atomic mass is 10.1. The number of benzene rings is 2. The summed E-state index contributed by atoms with van der Waals surface area (Å²) in [7, 11) is 1.59. The molecule has 0 aliphatic carbocycles. The molecule has 28 heavy (non-hydrogen) atoms. The van der Waals surface area contributed by atoms with Crippen LogP contribution >= 0.6 is 0 Å². The highest BCUT2D eigenvalue weighted by Gasteiger charge is 2.27. The molecule has 0 spiro atoms. The number of aryl methyl sites for hydroxylation is 1. The van der Waals surface area contributed by atoms with Gasteiger partial charge in [0, 0.05) is 37.1 Å². The number of hydrogen-bond acceptors (Lipinski definition) is 4. The van der Waals surface area contributed by atoms with Crippen molar-refractivity contribution in [3.8, 4) is 5.75 Å². The van der Waals surface area contributed by atoms with Crippen molar-refractivity contribution in [3.63, 3.8) is 0 Å². The van der Waals surface area contributed by atoms with Crippen molar-refractivity contribution in [3.05, 3.63) is 59.3 Å². The lowest BCUT2D eigenvalue weighted by Gasteiger charge is -2.34. The van der Waals surface area contributed by atoms with E-state index in [-0.39, 0.29) is 11.8 Å². The molecule has 7 nitrogen and oxygen atoms in total. The zero-order valence-electron chi connectivity index (χ0n) is 15.9. The summed E-state index contributed by atoms with van der Waals surface area (Å²) in [6, 6.07) is 13.0. The zero-order chi connectivity index (χ0) is 19.7. The third-order valence-corrected chi connectivity index (χ3v) is 5.11. The van der Waals surface area contributed by atoms with Crippen molar-refractivity contribution >= 4 is 22.7 Å². The molecule has 144 valence electrons. The fraction of sp³-hybridized carbons (Fsp3) is 0.286. The summed E-state index contributed by atoms with van der Waals surface area (Å²) < 4.78 is 5.13. The van der Waals surface area contributed by atoms with Gasteiger partial charge in [-0.15, -0.1) is 0 Å². The van der Waals surface area contributed by atoms with E-state index in [1.54, 1.807) is 41.2 Å². The van der Waals surface area contributed by atoms with Gasteiger partial charge >= 0.3 is 0 Å². The smallest absolute Gasteiger partial charge is 0.275 e. The summed E-state index contributed by atoms with van der Waals surface area (Å²) in [5.41, 5.74) is 2.99. The molecule has 2 amide bonds. The van der Waals surface area contributed by atoms with Crippen molar-refractivity contribution in [2.45, 2.75) is 6.92 Å². The lowest BCUT2D eigenvalue weighted by molar-refractivity contribution is 0.0533. The van der Waals surface area contributed by atoms with Gasteiger partial charge < -0.3 is 14.5 Å². The lowest BCUT2D eigenvalue weighted by Crippen LogP contribution is -2.50. The van der Waals surface area contributed by atoms with E-state index in [0.717, 1.165) is 16.5 Å². The van der Waals surface area contributed by atoms with Crippen LogP contribution in [-0.2, 0) is 0 Å². The molecule has 1 saturated heterocycles. The molecular formula is C21H22N4O3. The van der Waals surface area contributed by atoms with Gasteiger partial charge in [-0.1, -0.05) is 11.6 Å². The topological polar surface area (TPSA) is 78.5 Å². The Balaban J connectivity index is 1.43. The second kappa shape index (κ2) is 7.34. The highest BCUT2D eigenvalue weighted by atomic mass is 16.5. The monoisotopic (exact) mass is 378 g/mol. The number of nitrogens with zero attached hydrogens (tertiary/aromatic N) is 3. The summed E-state index contributed by atoms with van der Waals surface area (Å²) in [5.74, 6) is 0.581. The quantitative estimate of drug-likeness (QED) is 0.759. The van der Waals surface area contributed by atoms with E-state index in [2.05, 4.69) is 10.2 Å². The van der Waals surface area contributed by atoms with E-state index in [4.69, 9.17) is 4.74 Å². The number of piperazine rings is 1. The minimum atomic E-state index is -0.103. The average molecular weight is 378 g/mol. The first kappa shape index (κ1) is 18.0. The first-order valence-corrected chi connectivity index (χ1v) is 9.24. The molecule has 0 radical (unpaired) electrons. The molecule has 2 aromatic carbocycles. The van der Waals surface area contributed by atoms with Crippen LogP contribution in [0.1, 0.15) is 26.4 Å². The number of carbonyl (C=O) groups is 2. The van der Waals surface area contributed by atoms with Gasteiger partial charge in [0.1, 0.15) is 5.75 Å². The maximum Gasteiger partial charge on any atom is 0.275 e. The Labute approximate surface area is 162 Å². The average Bonchev–Trinajstić information content (AvgIpc) is 3.16. The third-order valence-electron chi connectivity index (χ3n) is 5.11. The molecule has 4 rings (SSSR count). The molecule has 0 atom stereocenters. The predicted octanol–water partition coefficient (Wildman–Crippen LogP) is 2.48. The van der Waals surface area contributed by atoms with E-state index in [1.807, 2.05) is 25.1 Å².